The Kier molecular flexibility index (Phi) is 8.26. The van der Waals surface area contributed by atoms with Crippen molar-refractivity contribution in [2.45, 2.75) is 6.92 Å². The van der Waals surface area contributed by atoms with Crippen LogP contribution in [0.2, 0.25) is 0 Å². The predicted molar refractivity (Wildman–Crippen MR) is 206 cm³/mol. The second-order valence-corrected chi connectivity index (χ2v) is 16.6. The standard InChI is InChI=1S/C44H34N4Si.Pt/c1-32-26-27-45-44(28-32)48-40-21-10-9-20-38(40)39-25-24-37(30-43(39)48)49(34-15-5-3-6-16-34,35-17-7-4-8-18-35)36-19-13-14-33(29-36)47-31-46(2)41-22-11-12-23-42(41)47;/h3-28H,31H2,1-2H3;/q-2;+2. The maximum Gasteiger partial charge on any atom is 2.00 e. The molecule has 4 nitrogen and oxygen atoms in total. The molecule has 0 aliphatic carbocycles. The minimum atomic E-state index is -2.98. The van der Waals surface area contributed by atoms with Crippen LogP contribution in [0.3, 0.4) is 0 Å². The Hall–Kier alpha value is -5.22. The summed E-state index contributed by atoms with van der Waals surface area (Å²) in [6.45, 7) is 2.89. The summed E-state index contributed by atoms with van der Waals surface area (Å²) in [5.74, 6) is 0.900. The molecule has 0 amide bonds. The van der Waals surface area contributed by atoms with Gasteiger partial charge in [0.25, 0.3) is 0 Å². The van der Waals surface area contributed by atoms with Gasteiger partial charge in [0.2, 0.25) is 0 Å². The first-order valence-corrected chi connectivity index (χ1v) is 18.7. The molecule has 9 rings (SSSR count). The van der Waals surface area contributed by atoms with E-state index in [1.165, 1.54) is 48.5 Å². The van der Waals surface area contributed by atoms with Crippen molar-refractivity contribution in [3.63, 3.8) is 0 Å². The van der Waals surface area contributed by atoms with Gasteiger partial charge in [-0.05, 0) is 58.6 Å². The third-order valence-corrected chi connectivity index (χ3v) is 14.5. The van der Waals surface area contributed by atoms with Crippen LogP contribution < -0.4 is 30.5 Å². The summed E-state index contributed by atoms with van der Waals surface area (Å²) in [5, 5.41) is 7.32. The number of benzene rings is 6. The topological polar surface area (TPSA) is 24.3 Å². The summed E-state index contributed by atoms with van der Waals surface area (Å²) in [4.78, 5) is 9.55. The SMILES string of the molecule is Cc1ccnc(-n2c3[c-]c([Si](c4[c-]c(N5CN(C)c6ccccc65)ccc4)(c4ccccc4)c4ccccc4)ccc3c3ccccc32)c1.[Pt+2]. The Bertz CT molecular complexity index is 2440. The van der Waals surface area contributed by atoms with Gasteiger partial charge in [-0.2, -0.15) is 46.8 Å². The van der Waals surface area contributed by atoms with Crippen LogP contribution in [0, 0.1) is 19.1 Å². The van der Waals surface area contributed by atoms with Gasteiger partial charge in [-0.1, -0.05) is 102 Å². The number of aryl methyl sites for hydroxylation is 1. The predicted octanol–water partition coefficient (Wildman–Crippen LogP) is 7.01. The van der Waals surface area contributed by atoms with Crippen molar-refractivity contribution in [2.75, 3.05) is 23.5 Å². The molecule has 6 aromatic carbocycles. The normalized spacial score (nSPS) is 12.7. The summed E-state index contributed by atoms with van der Waals surface area (Å²) in [6.07, 6.45) is 1.90. The van der Waals surface area contributed by atoms with Gasteiger partial charge in [0.05, 0.1) is 18.0 Å². The minimum absolute atomic E-state index is 0. The van der Waals surface area contributed by atoms with Crippen LogP contribution in [0.25, 0.3) is 27.6 Å². The van der Waals surface area contributed by atoms with Gasteiger partial charge in [0, 0.05) is 18.8 Å². The average molecular weight is 842 g/mol. The van der Waals surface area contributed by atoms with Crippen LogP contribution in [-0.4, -0.2) is 31.3 Å². The first kappa shape index (κ1) is 32.0. The molecular weight excluding hydrogens is 808 g/mol. The van der Waals surface area contributed by atoms with Crippen molar-refractivity contribution < 1.29 is 21.1 Å². The first-order valence-electron chi connectivity index (χ1n) is 16.7. The number of aromatic nitrogens is 2. The quantitative estimate of drug-likeness (QED) is 0.102. The summed E-state index contributed by atoms with van der Waals surface area (Å²) in [6, 6.07) is 63.0. The maximum atomic E-state index is 4.87. The zero-order valence-electron chi connectivity index (χ0n) is 27.8. The smallest absolute Gasteiger partial charge is 0.355 e. The molecule has 0 bridgehead atoms. The average Bonchev–Trinajstić information content (AvgIpc) is 3.67. The van der Waals surface area contributed by atoms with Crippen LogP contribution in [0.5, 0.6) is 0 Å². The molecular formula is C44H34N4PtSi. The Labute approximate surface area is 308 Å². The van der Waals surface area contributed by atoms with E-state index >= 15 is 0 Å². The number of nitrogens with zero attached hydrogens (tertiary/aromatic N) is 4. The van der Waals surface area contributed by atoms with E-state index in [1.54, 1.807) is 0 Å². The Balaban J connectivity index is 0.00000361. The Morgan fingerprint density at radius 1 is 0.620 bits per heavy atom. The van der Waals surface area contributed by atoms with Gasteiger partial charge in [-0.25, -0.2) is 4.98 Å². The van der Waals surface area contributed by atoms with Crippen molar-refractivity contribution in [2.24, 2.45) is 0 Å². The Morgan fingerprint density at radius 2 is 1.28 bits per heavy atom. The van der Waals surface area contributed by atoms with Crippen LogP contribution in [-0.2, 0) is 21.1 Å². The van der Waals surface area contributed by atoms with E-state index in [-0.39, 0.29) is 21.1 Å². The number of hydrogen-bond donors (Lipinski definition) is 0. The molecule has 0 radical (unpaired) electrons. The third kappa shape index (κ3) is 5.03. The zero-order valence-corrected chi connectivity index (χ0v) is 31.1. The van der Waals surface area contributed by atoms with Crippen molar-refractivity contribution >= 4 is 67.7 Å². The van der Waals surface area contributed by atoms with Gasteiger partial charge in [0.15, 0.2) is 0 Å². The van der Waals surface area contributed by atoms with Gasteiger partial charge < -0.3 is 14.4 Å². The second-order valence-electron chi connectivity index (χ2n) is 12.9. The molecule has 1 aliphatic rings. The van der Waals surface area contributed by atoms with E-state index in [9.17, 15) is 0 Å². The van der Waals surface area contributed by atoms with E-state index in [2.05, 4.69) is 192 Å². The number of hydrogen-bond acceptors (Lipinski definition) is 3. The van der Waals surface area contributed by atoms with Crippen LogP contribution in [0.15, 0.2) is 158 Å². The summed E-state index contributed by atoms with van der Waals surface area (Å²) in [7, 11) is -0.822. The molecule has 0 unspecified atom stereocenters. The second kappa shape index (κ2) is 12.9. The molecule has 0 fully saturated rings. The molecule has 8 aromatic rings. The monoisotopic (exact) mass is 841 g/mol. The maximum absolute atomic E-state index is 4.87. The van der Waals surface area contributed by atoms with E-state index in [4.69, 9.17) is 4.98 Å². The van der Waals surface area contributed by atoms with Crippen LogP contribution in [0.4, 0.5) is 17.1 Å². The van der Waals surface area contributed by atoms with Gasteiger partial charge in [-0.3, -0.25) is 0 Å². The molecule has 6 heteroatoms. The molecule has 0 atom stereocenters. The number of pyridine rings is 1. The van der Waals surface area contributed by atoms with Crippen LogP contribution >= 0.6 is 0 Å². The number of anilines is 3. The molecule has 0 N–H and O–H groups in total. The molecule has 0 spiro atoms. The molecule has 50 heavy (non-hydrogen) atoms. The molecule has 0 saturated carbocycles. The van der Waals surface area contributed by atoms with Crippen molar-refractivity contribution in [1.82, 2.24) is 9.55 Å². The number of fused-ring (bicyclic) bond motifs is 4. The van der Waals surface area contributed by atoms with E-state index in [0.717, 1.165) is 29.2 Å². The zero-order chi connectivity index (χ0) is 33.0. The fourth-order valence-electron chi connectivity index (χ4n) is 7.72. The fraction of sp³-hybridized carbons (Fsp3) is 0.0682. The van der Waals surface area contributed by atoms with Crippen molar-refractivity contribution in [3.05, 3.63) is 176 Å². The number of rotatable bonds is 6. The first-order chi connectivity index (χ1) is 24.1. The molecule has 3 heterocycles. The van der Waals surface area contributed by atoms with Gasteiger partial charge in [0.1, 0.15) is 13.9 Å². The van der Waals surface area contributed by atoms with Gasteiger partial charge in [-0.15, -0.1) is 11.5 Å². The van der Waals surface area contributed by atoms with E-state index in [1.807, 2.05) is 6.20 Å². The summed E-state index contributed by atoms with van der Waals surface area (Å²) in [5.41, 5.74) is 6.83. The number of para-hydroxylation sites is 3. The minimum Gasteiger partial charge on any atom is -0.355 e. The fourth-order valence-corrected chi connectivity index (χ4v) is 12.3. The largest absolute Gasteiger partial charge is 2.00 e. The molecule has 2 aromatic heterocycles. The molecule has 1 aliphatic heterocycles. The van der Waals surface area contributed by atoms with Gasteiger partial charge >= 0.3 is 21.1 Å². The third-order valence-electron chi connectivity index (χ3n) is 9.94. The van der Waals surface area contributed by atoms with E-state index in [0.29, 0.717) is 0 Å². The molecule has 244 valence electrons. The van der Waals surface area contributed by atoms with Crippen molar-refractivity contribution in [3.8, 4) is 5.82 Å². The van der Waals surface area contributed by atoms with Crippen molar-refractivity contribution in [1.29, 1.82) is 0 Å². The summed E-state index contributed by atoms with van der Waals surface area (Å²) >= 11 is 0. The molecule has 0 saturated heterocycles. The van der Waals surface area contributed by atoms with E-state index < -0.39 is 8.07 Å². The Morgan fingerprint density at radius 3 is 2.02 bits per heavy atom. The summed E-state index contributed by atoms with van der Waals surface area (Å²) < 4.78 is 2.29. The van der Waals surface area contributed by atoms with Crippen LogP contribution in [0.1, 0.15) is 5.56 Å².